The van der Waals surface area contributed by atoms with Gasteiger partial charge in [0.1, 0.15) is 29.4 Å². The van der Waals surface area contributed by atoms with Gasteiger partial charge in [0.05, 0.1) is 0 Å². The minimum absolute atomic E-state index is 0.399. The lowest BCUT2D eigenvalue weighted by Crippen LogP contribution is -2.14. The first kappa shape index (κ1) is 19.9. The van der Waals surface area contributed by atoms with Crippen LogP contribution in [0, 0.1) is 6.92 Å². The van der Waals surface area contributed by atoms with Crippen LogP contribution >= 0.6 is 0 Å². The number of nitrogens with one attached hydrogen (secondary N) is 1. The van der Waals surface area contributed by atoms with E-state index in [1.807, 2.05) is 65.3 Å². The average molecular weight is 425 g/mol. The van der Waals surface area contributed by atoms with Gasteiger partial charge in [-0.25, -0.2) is 4.68 Å². The molecule has 0 radical (unpaired) electrons. The lowest BCUT2D eigenvalue weighted by atomic mass is 10.1. The van der Waals surface area contributed by atoms with Crippen LogP contribution in [0.5, 0.6) is 5.75 Å². The monoisotopic (exact) mass is 424 g/mol. The first-order chi connectivity index (χ1) is 15.6. The van der Waals surface area contributed by atoms with E-state index in [4.69, 9.17) is 15.6 Å². The molecule has 0 saturated carbocycles. The zero-order valence-corrected chi connectivity index (χ0v) is 17.8. The molecule has 3 N–H and O–H groups in total. The Morgan fingerprint density at radius 1 is 1.09 bits per heavy atom. The number of nitrogens with zero attached hydrogens (tertiary/aromatic N) is 2. The predicted octanol–water partition coefficient (Wildman–Crippen LogP) is 4.84. The number of amides is 1. The maximum absolute atomic E-state index is 12.4. The smallest absolute Gasteiger partial charge is 0.254 e. The van der Waals surface area contributed by atoms with Crippen LogP contribution in [0.2, 0.25) is 0 Å². The molecular formula is C26H24N4O2. The van der Waals surface area contributed by atoms with E-state index in [0.717, 1.165) is 29.0 Å². The zero-order valence-electron chi connectivity index (χ0n) is 17.8. The van der Waals surface area contributed by atoms with Crippen LogP contribution in [0.4, 0.5) is 11.5 Å². The van der Waals surface area contributed by atoms with Crippen molar-refractivity contribution >= 4 is 17.4 Å². The van der Waals surface area contributed by atoms with Crippen LogP contribution in [0.3, 0.4) is 0 Å². The summed E-state index contributed by atoms with van der Waals surface area (Å²) in [6, 6.07) is 23.9. The average Bonchev–Trinajstić information content (AvgIpc) is 3.08. The quantitative estimate of drug-likeness (QED) is 0.480. The van der Waals surface area contributed by atoms with Gasteiger partial charge in [0.15, 0.2) is 0 Å². The molecule has 1 aliphatic heterocycles. The highest BCUT2D eigenvalue weighted by atomic mass is 16.5. The summed E-state index contributed by atoms with van der Waals surface area (Å²) >= 11 is 0. The predicted molar refractivity (Wildman–Crippen MR) is 125 cm³/mol. The Bertz CT molecular complexity index is 1280. The Morgan fingerprint density at radius 2 is 1.88 bits per heavy atom. The van der Waals surface area contributed by atoms with Crippen LogP contribution in [0.25, 0.3) is 11.3 Å². The van der Waals surface area contributed by atoms with Crippen LogP contribution in [0.15, 0.2) is 72.8 Å². The van der Waals surface area contributed by atoms with E-state index < -0.39 is 5.91 Å². The molecule has 0 fully saturated rings. The van der Waals surface area contributed by atoms with E-state index in [9.17, 15) is 4.79 Å². The van der Waals surface area contributed by atoms with Crippen molar-refractivity contribution in [2.24, 2.45) is 5.73 Å². The molecule has 0 bridgehead atoms. The van der Waals surface area contributed by atoms with Crippen molar-refractivity contribution in [3.63, 3.8) is 0 Å². The molecule has 0 spiro atoms. The Balaban J connectivity index is 1.44. The number of rotatable bonds is 5. The molecule has 6 heteroatoms. The molecular weight excluding hydrogens is 400 g/mol. The zero-order chi connectivity index (χ0) is 22.1. The van der Waals surface area contributed by atoms with Crippen LogP contribution in [-0.4, -0.2) is 15.7 Å². The summed E-state index contributed by atoms with van der Waals surface area (Å²) in [5, 5.41) is 8.14. The number of anilines is 2. The SMILES string of the molecule is Cc1ccc2c(c1)CCn1nc(-c3ccc(OCc4ccccc4)cc3)c(C(N)=O)c1N2. The second-order valence-corrected chi connectivity index (χ2v) is 7.99. The van der Waals surface area contributed by atoms with Crippen molar-refractivity contribution in [3.8, 4) is 17.0 Å². The molecule has 1 amide bonds. The van der Waals surface area contributed by atoms with Crippen LogP contribution in [0.1, 0.15) is 27.0 Å². The molecule has 5 rings (SSSR count). The molecule has 1 aromatic heterocycles. The molecule has 0 saturated heterocycles. The van der Waals surface area contributed by atoms with E-state index in [-0.39, 0.29) is 0 Å². The second-order valence-electron chi connectivity index (χ2n) is 7.99. The number of ether oxygens (including phenoxy) is 1. The van der Waals surface area contributed by atoms with Crippen molar-refractivity contribution in [2.75, 3.05) is 5.32 Å². The summed E-state index contributed by atoms with van der Waals surface area (Å²) in [5.41, 5.74) is 12.1. The van der Waals surface area contributed by atoms with Gasteiger partial charge < -0.3 is 15.8 Å². The third-order valence-electron chi connectivity index (χ3n) is 5.68. The lowest BCUT2D eigenvalue weighted by molar-refractivity contribution is 0.100. The number of carbonyl (C=O) groups is 1. The number of benzene rings is 3. The first-order valence-corrected chi connectivity index (χ1v) is 10.6. The number of aromatic nitrogens is 2. The summed E-state index contributed by atoms with van der Waals surface area (Å²) in [6.45, 7) is 3.23. The number of carbonyl (C=O) groups excluding carboxylic acids is 1. The van der Waals surface area contributed by atoms with Crippen molar-refractivity contribution in [1.82, 2.24) is 9.78 Å². The van der Waals surface area contributed by atoms with Crippen LogP contribution < -0.4 is 15.8 Å². The van der Waals surface area contributed by atoms with Gasteiger partial charge in [-0.05, 0) is 54.8 Å². The van der Waals surface area contributed by atoms with Gasteiger partial charge in [-0.2, -0.15) is 5.10 Å². The maximum Gasteiger partial charge on any atom is 0.254 e. The molecule has 3 aromatic carbocycles. The second kappa shape index (κ2) is 8.23. The fourth-order valence-corrected chi connectivity index (χ4v) is 4.04. The Morgan fingerprint density at radius 3 is 2.62 bits per heavy atom. The van der Waals surface area contributed by atoms with Gasteiger partial charge in [0.25, 0.3) is 5.91 Å². The summed E-state index contributed by atoms with van der Waals surface area (Å²) in [4.78, 5) is 12.4. The molecule has 160 valence electrons. The topological polar surface area (TPSA) is 82.2 Å². The highest BCUT2D eigenvalue weighted by molar-refractivity contribution is 6.04. The molecule has 1 aliphatic rings. The maximum atomic E-state index is 12.4. The third kappa shape index (κ3) is 3.83. The number of fused-ring (bicyclic) bond motifs is 2. The molecule has 4 aromatic rings. The van der Waals surface area contributed by atoms with E-state index in [0.29, 0.717) is 30.2 Å². The van der Waals surface area contributed by atoms with E-state index in [1.165, 1.54) is 11.1 Å². The molecule has 0 aliphatic carbocycles. The van der Waals surface area contributed by atoms with Crippen molar-refractivity contribution < 1.29 is 9.53 Å². The Kier molecular flexibility index (Phi) is 5.11. The summed E-state index contributed by atoms with van der Waals surface area (Å²) in [5.74, 6) is 0.884. The van der Waals surface area contributed by atoms with Crippen LogP contribution in [-0.2, 0) is 19.6 Å². The molecule has 0 unspecified atom stereocenters. The fraction of sp³-hybridized carbons (Fsp3) is 0.154. The number of hydrogen-bond acceptors (Lipinski definition) is 4. The van der Waals surface area contributed by atoms with E-state index in [2.05, 4.69) is 24.4 Å². The molecule has 0 atom stereocenters. The van der Waals surface area contributed by atoms with E-state index in [1.54, 1.807) is 0 Å². The molecule has 6 nitrogen and oxygen atoms in total. The van der Waals surface area contributed by atoms with Gasteiger partial charge in [0, 0.05) is 17.8 Å². The van der Waals surface area contributed by atoms with E-state index >= 15 is 0 Å². The Hall–Kier alpha value is -4.06. The van der Waals surface area contributed by atoms with Crippen molar-refractivity contribution in [3.05, 3.63) is 95.1 Å². The number of hydrogen-bond donors (Lipinski definition) is 2. The van der Waals surface area contributed by atoms with Gasteiger partial charge >= 0.3 is 0 Å². The highest BCUT2D eigenvalue weighted by Gasteiger charge is 2.26. The largest absolute Gasteiger partial charge is 0.489 e. The summed E-state index contributed by atoms with van der Waals surface area (Å²) in [7, 11) is 0. The number of primary amides is 1. The summed E-state index contributed by atoms with van der Waals surface area (Å²) in [6.07, 6.45) is 0.822. The van der Waals surface area contributed by atoms with Crippen molar-refractivity contribution in [2.45, 2.75) is 26.5 Å². The van der Waals surface area contributed by atoms with Gasteiger partial charge in [-0.1, -0.05) is 48.0 Å². The normalized spacial score (nSPS) is 12.3. The van der Waals surface area contributed by atoms with Crippen molar-refractivity contribution in [1.29, 1.82) is 0 Å². The number of aryl methyl sites for hydroxylation is 3. The highest BCUT2D eigenvalue weighted by Crippen LogP contribution is 2.35. The minimum Gasteiger partial charge on any atom is -0.489 e. The molecule has 32 heavy (non-hydrogen) atoms. The van der Waals surface area contributed by atoms with Gasteiger partial charge in [0.2, 0.25) is 0 Å². The third-order valence-corrected chi connectivity index (χ3v) is 5.68. The van der Waals surface area contributed by atoms with Gasteiger partial charge in [-0.15, -0.1) is 0 Å². The van der Waals surface area contributed by atoms with Gasteiger partial charge in [-0.3, -0.25) is 4.79 Å². The lowest BCUT2D eigenvalue weighted by Gasteiger charge is -2.10. The fourth-order valence-electron chi connectivity index (χ4n) is 4.04. The first-order valence-electron chi connectivity index (χ1n) is 10.6. The standard InChI is InChI=1S/C26H24N4O2/c1-17-7-12-22-20(15-17)13-14-30-26(28-22)23(25(27)31)24(29-30)19-8-10-21(11-9-19)32-16-18-5-3-2-4-6-18/h2-12,15,28H,13-14,16H2,1H3,(H2,27,31). The summed E-state index contributed by atoms with van der Waals surface area (Å²) < 4.78 is 7.72. The minimum atomic E-state index is -0.506. The molecule has 2 heterocycles. The Labute approximate surface area is 186 Å². The number of nitrogens with two attached hydrogens (primary N) is 1.